The van der Waals surface area contributed by atoms with Crippen molar-refractivity contribution in [3.63, 3.8) is 0 Å². The molecule has 0 saturated heterocycles. The lowest BCUT2D eigenvalue weighted by Crippen LogP contribution is -2.21. The van der Waals surface area contributed by atoms with Crippen LogP contribution in [0.2, 0.25) is 0 Å². The summed E-state index contributed by atoms with van der Waals surface area (Å²) in [6.07, 6.45) is 2.30. The highest BCUT2D eigenvalue weighted by Crippen LogP contribution is 2.26. The molecule has 68 valence electrons. The third-order valence-corrected chi connectivity index (χ3v) is 3.23. The zero-order valence-electron chi connectivity index (χ0n) is 7.13. The quantitative estimate of drug-likeness (QED) is 0.703. The minimum absolute atomic E-state index is 0.0411. The van der Waals surface area contributed by atoms with E-state index in [4.69, 9.17) is 0 Å². The Bertz CT molecular complexity index is 193. The van der Waals surface area contributed by atoms with Gasteiger partial charge in [0.1, 0.15) is 5.78 Å². The second-order valence-electron chi connectivity index (χ2n) is 2.89. The summed E-state index contributed by atoms with van der Waals surface area (Å²) >= 11 is 1.59. The summed E-state index contributed by atoms with van der Waals surface area (Å²) in [6.45, 7) is 0. The van der Waals surface area contributed by atoms with E-state index in [-0.39, 0.29) is 5.91 Å². The van der Waals surface area contributed by atoms with Gasteiger partial charge in [-0.25, -0.2) is 0 Å². The van der Waals surface area contributed by atoms with E-state index in [1.807, 2.05) is 0 Å². The molecule has 0 heterocycles. The van der Waals surface area contributed by atoms with Crippen molar-refractivity contribution in [3.05, 3.63) is 0 Å². The van der Waals surface area contributed by atoms with Crippen LogP contribution in [0.4, 0.5) is 0 Å². The van der Waals surface area contributed by atoms with Crippen molar-refractivity contribution in [1.29, 1.82) is 0 Å². The van der Waals surface area contributed by atoms with Crippen molar-refractivity contribution in [1.82, 2.24) is 5.32 Å². The lowest BCUT2D eigenvalue weighted by atomic mass is 10.4. The first-order valence-corrected chi connectivity index (χ1v) is 5.11. The second kappa shape index (κ2) is 4.50. The van der Waals surface area contributed by atoms with Gasteiger partial charge in [0, 0.05) is 25.1 Å². The van der Waals surface area contributed by atoms with Gasteiger partial charge in [-0.3, -0.25) is 9.59 Å². The zero-order valence-corrected chi connectivity index (χ0v) is 7.95. The summed E-state index contributed by atoms with van der Waals surface area (Å²) in [5.74, 6) is 0.859. The molecule has 3 nitrogen and oxygen atoms in total. The fourth-order valence-corrected chi connectivity index (χ4v) is 2.31. The molecule has 0 spiro atoms. The number of ketones is 1. The van der Waals surface area contributed by atoms with Gasteiger partial charge >= 0.3 is 0 Å². The third kappa shape index (κ3) is 2.85. The first-order chi connectivity index (χ1) is 5.72. The minimum Gasteiger partial charge on any atom is -0.358 e. The highest BCUT2D eigenvalue weighted by atomic mass is 32.2. The Morgan fingerprint density at radius 2 is 2.50 bits per heavy atom. The molecule has 1 amide bonds. The van der Waals surface area contributed by atoms with Gasteiger partial charge in [-0.1, -0.05) is 0 Å². The number of carbonyl (C=O) groups is 2. The molecule has 0 aromatic rings. The summed E-state index contributed by atoms with van der Waals surface area (Å²) < 4.78 is 0. The zero-order chi connectivity index (χ0) is 8.97. The Balaban J connectivity index is 2.16. The highest BCUT2D eigenvalue weighted by molar-refractivity contribution is 8.00. The molecule has 0 radical (unpaired) electrons. The smallest absolute Gasteiger partial charge is 0.229 e. The van der Waals surface area contributed by atoms with Gasteiger partial charge in [-0.2, -0.15) is 0 Å². The molecule has 1 aliphatic rings. The molecular weight excluding hydrogens is 174 g/mol. The number of rotatable bonds is 3. The number of nitrogens with one attached hydrogen (secondary N) is 1. The van der Waals surface area contributed by atoms with Crippen LogP contribution in [0, 0.1) is 0 Å². The molecule has 1 atom stereocenters. The van der Waals surface area contributed by atoms with Crippen molar-refractivity contribution < 1.29 is 9.59 Å². The number of amides is 1. The van der Waals surface area contributed by atoms with Crippen LogP contribution in [0.1, 0.15) is 19.3 Å². The standard InChI is InChI=1S/C8H13NO2S/c1-9-8(11)5-12-7-3-2-6(10)4-7/h7H,2-5H2,1H3,(H,9,11). The summed E-state index contributed by atoms with van der Waals surface area (Å²) in [5.41, 5.74) is 0. The van der Waals surface area contributed by atoms with Gasteiger partial charge in [0.25, 0.3) is 0 Å². The molecule has 0 aromatic carbocycles. The van der Waals surface area contributed by atoms with Crippen LogP contribution in [0.5, 0.6) is 0 Å². The molecule has 12 heavy (non-hydrogen) atoms. The molecule has 0 aromatic heterocycles. The van der Waals surface area contributed by atoms with Crippen LogP contribution < -0.4 is 5.32 Å². The fraction of sp³-hybridized carbons (Fsp3) is 0.750. The maximum atomic E-state index is 10.9. The van der Waals surface area contributed by atoms with Crippen molar-refractivity contribution in [3.8, 4) is 0 Å². The molecule has 1 unspecified atom stereocenters. The molecule has 4 heteroatoms. The fourth-order valence-electron chi connectivity index (χ4n) is 1.19. The molecule has 0 aliphatic heterocycles. The first kappa shape index (κ1) is 9.58. The number of hydrogen-bond donors (Lipinski definition) is 1. The van der Waals surface area contributed by atoms with E-state index in [9.17, 15) is 9.59 Å². The van der Waals surface area contributed by atoms with Crippen molar-refractivity contribution in [2.45, 2.75) is 24.5 Å². The number of thioether (sulfide) groups is 1. The Morgan fingerprint density at radius 1 is 1.75 bits per heavy atom. The number of Topliss-reactive ketones (excluding diaryl/α,β-unsaturated/α-hetero) is 1. The van der Waals surface area contributed by atoms with Gasteiger partial charge in [-0.15, -0.1) is 11.8 Å². The maximum absolute atomic E-state index is 10.9. The Labute approximate surface area is 76.3 Å². The summed E-state index contributed by atoms with van der Waals surface area (Å²) in [4.78, 5) is 21.7. The highest BCUT2D eigenvalue weighted by Gasteiger charge is 2.22. The van der Waals surface area contributed by atoms with Gasteiger partial charge in [-0.05, 0) is 6.42 Å². The summed E-state index contributed by atoms with van der Waals surface area (Å²) in [6, 6.07) is 0. The Hall–Kier alpha value is -0.510. The average molecular weight is 187 g/mol. The van der Waals surface area contributed by atoms with Crippen molar-refractivity contribution in [2.75, 3.05) is 12.8 Å². The molecule has 1 fully saturated rings. The second-order valence-corrected chi connectivity index (χ2v) is 4.18. The van der Waals surface area contributed by atoms with E-state index in [0.717, 1.165) is 6.42 Å². The summed E-state index contributed by atoms with van der Waals surface area (Å²) in [5, 5.41) is 2.94. The number of hydrogen-bond acceptors (Lipinski definition) is 3. The van der Waals surface area contributed by atoms with E-state index >= 15 is 0 Å². The van der Waals surface area contributed by atoms with Crippen molar-refractivity contribution in [2.24, 2.45) is 0 Å². The van der Waals surface area contributed by atoms with Crippen LogP contribution in [0.25, 0.3) is 0 Å². The van der Waals surface area contributed by atoms with Gasteiger partial charge in [0.2, 0.25) is 5.91 Å². The molecular formula is C8H13NO2S. The van der Waals surface area contributed by atoms with Crippen LogP contribution in [-0.4, -0.2) is 29.7 Å². The van der Waals surface area contributed by atoms with Crippen LogP contribution >= 0.6 is 11.8 Å². The molecule has 1 N–H and O–H groups in total. The van der Waals surface area contributed by atoms with Crippen LogP contribution in [0.3, 0.4) is 0 Å². The SMILES string of the molecule is CNC(=O)CSC1CCC(=O)C1. The summed E-state index contributed by atoms with van der Waals surface area (Å²) in [7, 11) is 1.63. The van der Waals surface area contributed by atoms with E-state index < -0.39 is 0 Å². The lowest BCUT2D eigenvalue weighted by molar-refractivity contribution is -0.118. The first-order valence-electron chi connectivity index (χ1n) is 4.06. The van der Waals surface area contributed by atoms with Crippen LogP contribution in [-0.2, 0) is 9.59 Å². The van der Waals surface area contributed by atoms with Gasteiger partial charge in [0.15, 0.2) is 0 Å². The lowest BCUT2D eigenvalue weighted by Gasteiger charge is -2.05. The van der Waals surface area contributed by atoms with Crippen LogP contribution in [0.15, 0.2) is 0 Å². The minimum atomic E-state index is 0.0411. The maximum Gasteiger partial charge on any atom is 0.229 e. The topological polar surface area (TPSA) is 46.2 Å². The molecule has 1 rings (SSSR count). The normalized spacial score (nSPS) is 22.8. The predicted molar refractivity (Wildman–Crippen MR) is 49.2 cm³/mol. The van der Waals surface area contributed by atoms with E-state index in [2.05, 4.69) is 5.32 Å². The molecule has 1 aliphatic carbocycles. The van der Waals surface area contributed by atoms with E-state index in [0.29, 0.717) is 29.6 Å². The monoisotopic (exact) mass is 187 g/mol. The van der Waals surface area contributed by atoms with E-state index in [1.165, 1.54) is 0 Å². The predicted octanol–water partition coefficient (Wildman–Crippen LogP) is 0.587. The largest absolute Gasteiger partial charge is 0.358 e. The molecule has 1 saturated carbocycles. The number of carbonyl (C=O) groups excluding carboxylic acids is 2. The van der Waals surface area contributed by atoms with E-state index in [1.54, 1.807) is 18.8 Å². The Kier molecular flexibility index (Phi) is 3.59. The van der Waals surface area contributed by atoms with Gasteiger partial charge < -0.3 is 5.32 Å². The Morgan fingerprint density at radius 3 is 3.00 bits per heavy atom. The van der Waals surface area contributed by atoms with Gasteiger partial charge in [0.05, 0.1) is 5.75 Å². The molecule has 0 bridgehead atoms. The third-order valence-electron chi connectivity index (χ3n) is 1.93. The van der Waals surface area contributed by atoms with Crippen molar-refractivity contribution >= 4 is 23.5 Å². The average Bonchev–Trinajstić information content (AvgIpc) is 2.47.